The van der Waals surface area contributed by atoms with Gasteiger partial charge in [-0.2, -0.15) is 0 Å². The SMILES string of the molecule is Cc1ccn2cc(-c3ccc(NC(=O)Cc4csc(N5CCCNC5=O)n4)cc3)nc2c1. The number of fused-ring (bicyclic) bond motifs is 1. The molecule has 0 spiro atoms. The van der Waals surface area contributed by atoms with E-state index in [0.717, 1.165) is 23.3 Å². The molecule has 0 radical (unpaired) electrons. The van der Waals surface area contributed by atoms with E-state index in [0.29, 0.717) is 29.6 Å². The molecule has 9 heteroatoms. The lowest BCUT2D eigenvalue weighted by Crippen LogP contribution is -2.46. The Kier molecular flexibility index (Phi) is 5.32. The van der Waals surface area contributed by atoms with Crippen molar-refractivity contribution < 1.29 is 9.59 Å². The number of hydrogen-bond donors (Lipinski definition) is 2. The first-order valence-electron chi connectivity index (χ1n) is 10.4. The molecule has 0 saturated carbocycles. The van der Waals surface area contributed by atoms with Crippen molar-refractivity contribution in [3.8, 4) is 11.3 Å². The Morgan fingerprint density at radius 3 is 2.88 bits per heavy atom. The van der Waals surface area contributed by atoms with Crippen LogP contribution in [0.15, 0.2) is 54.2 Å². The van der Waals surface area contributed by atoms with Crippen molar-refractivity contribution in [2.75, 3.05) is 23.3 Å². The highest BCUT2D eigenvalue weighted by Gasteiger charge is 2.22. The summed E-state index contributed by atoms with van der Waals surface area (Å²) in [6.07, 6.45) is 5.02. The minimum Gasteiger partial charge on any atom is -0.338 e. The van der Waals surface area contributed by atoms with Crippen molar-refractivity contribution in [2.24, 2.45) is 0 Å². The van der Waals surface area contributed by atoms with Crippen LogP contribution in [0.25, 0.3) is 16.9 Å². The minimum atomic E-state index is -0.152. The number of aryl methyl sites for hydroxylation is 1. The number of nitrogens with zero attached hydrogens (tertiary/aromatic N) is 4. The number of urea groups is 1. The van der Waals surface area contributed by atoms with E-state index in [1.54, 1.807) is 4.90 Å². The number of anilines is 2. The molecule has 3 amide bonds. The third kappa shape index (κ3) is 4.19. The number of pyridine rings is 1. The number of rotatable bonds is 5. The van der Waals surface area contributed by atoms with E-state index in [4.69, 9.17) is 0 Å². The van der Waals surface area contributed by atoms with Crippen LogP contribution in [0, 0.1) is 6.92 Å². The monoisotopic (exact) mass is 446 g/mol. The number of carbonyl (C=O) groups excluding carboxylic acids is 2. The zero-order chi connectivity index (χ0) is 22.1. The van der Waals surface area contributed by atoms with Gasteiger partial charge in [-0.25, -0.2) is 14.8 Å². The highest BCUT2D eigenvalue weighted by atomic mass is 32.1. The second-order valence-corrected chi connectivity index (χ2v) is 8.59. The maximum Gasteiger partial charge on any atom is 0.323 e. The molecule has 1 aromatic carbocycles. The Labute approximate surface area is 188 Å². The Bertz CT molecular complexity index is 1290. The van der Waals surface area contributed by atoms with Crippen LogP contribution in [0.4, 0.5) is 15.6 Å². The van der Waals surface area contributed by atoms with Gasteiger partial charge in [-0.3, -0.25) is 9.69 Å². The standard InChI is InChI=1S/C23H22N6O2S/c1-15-7-10-28-13-19(27-20(28)11-15)16-3-5-17(6-4-16)25-21(30)12-18-14-32-23(26-18)29-9-2-8-24-22(29)31/h3-7,10-11,13-14H,2,8-9,12H2,1H3,(H,24,31)(H,25,30). The number of aromatic nitrogens is 3. The Balaban J connectivity index is 1.22. The third-order valence-corrected chi connectivity index (χ3v) is 6.18. The highest BCUT2D eigenvalue weighted by molar-refractivity contribution is 7.14. The van der Waals surface area contributed by atoms with Gasteiger partial charge in [0.25, 0.3) is 0 Å². The molecule has 4 heterocycles. The summed E-state index contributed by atoms with van der Waals surface area (Å²) in [7, 11) is 0. The molecule has 32 heavy (non-hydrogen) atoms. The normalized spacial score (nSPS) is 13.9. The van der Waals surface area contributed by atoms with Gasteiger partial charge in [0.05, 0.1) is 17.8 Å². The molecule has 0 unspecified atom stereocenters. The van der Waals surface area contributed by atoms with E-state index in [-0.39, 0.29) is 18.4 Å². The van der Waals surface area contributed by atoms with Gasteiger partial charge in [0, 0.05) is 42.1 Å². The maximum absolute atomic E-state index is 12.5. The lowest BCUT2D eigenvalue weighted by molar-refractivity contribution is -0.115. The molecule has 162 valence electrons. The summed E-state index contributed by atoms with van der Waals surface area (Å²) in [6, 6.07) is 11.6. The fourth-order valence-electron chi connectivity index (χ4n) is 3.63. The van der Waals surface area contributed by atoms with Crippen molar-refractivity contribution in [1.82, 2.24) is 19.7 Å². The third-order valence-electron chi connectivity index (χ3n) is 5.27. The van der Waals surface area contributed by atoms with Gasteiger partial charge in [0.1, 0.15) is 5.65 Å². The molecule has 1 aliphatic rings. The first-order chi connectivity index (χ1) is 15.5. The van der Waals surface area contributed by atoms with Crippen molar-refractivity contribution in [3.63, 3.8) is 0 Å². The summed E-state index contributed by atoms with van der Waals surface area (Å²) in [5.74, 6) is -0.152. The largest absolute Gasteiger partial charge is 0.338 e. The van der Waals surface area contributed by atoms with Crippen LogP contribution in [0.2, 0.25) is 0 Å². The first-order valence-corrected chi connectivity index (χ1v) is 11.3. The lowest BCUT2D eigenvalue weighted by Gasteiger charge is -2.24. The fourth-order valence-corrected chi connectivity index (χ4v) is 4.48. The van der Waals surface area contributed by atoms with Crippen molar-refractivity contribution in [3.05, 3.63) is 65.4 Å². The number of hydrogen-bond acceptors (Lipinski definition) is 5. The van der Waals surface area contributed by atoms with Crippen LogP contribution in [-0.4, -0.2) is 39.4 Å². The van der Waals surface area contributed by atoms with Crippen molar-refractivity contribution >= 4 is 39.7 Å². The molecule has 0 aliphatic carbocycles. The Morgan fingerprint density at radius 2 is 2.06 bits per heavy atom. The maximum atomic E-state index is 12.5. The van der Waals surface area contributed by atoms with Crippen LogP contribution in [0.5, 0.6) is 0 Å². The van der Waals surface area contributed by atoms with Crippen LogP contribution in [0.1, 0.15) is 17.7 Å². The van der Waals surface area contributed by atoms with E-state index in [2.05, 4.69) is 20.6 Å². The van der Waals surface area contributed by atoms with E-state index in [1.807, 2.05) is 65.5 Å². The average Bonchev–Trinajstić information content (AvgIpc) is 3.41. The molecule has 4 aromatic rings. The molecule has 2 N–H and O–H groups in total. The van der Waals surface area contributed by atoms with Crippen molar-refractivity contribution in [1.29, 1.82) is 0 Å². The Hall–Kier alpha value is -3.72. The number of imidazole rings is 1. The topological polar surface area (TPSA) is 91.6 Å². The summed E-state index contributed by atoms with van der Waals surface area (Å²) < 4.78 is 1.99. The summed E-state index contributed by atoms with van der Waals surface area (Å²) >= 11 is 1.38. The lowest BCUT2D eigenvalue weighted by atomic mass is 10.1. The van der Waals surface area contributed by atoms with Gasteiger partial charge in [0.2, 0.25) is 5.91 Å². The molecule has 3 aromatic heterocycles. The number of carbonyl (C=O) groups is 2. The summed E-state index contributed by atoms with van der Waals surface area (Å²) in [5, 5.41) is 8.16. The summed E-state index contributed by atoms with van der Waals surface area (Å²) in [6.45, 7) is 3.37. The zero-order valence-corrected chi connectivity index (χ0v) is 18.4. The predicted molar refractivity (Wildman–Crippen MR) is 125 cm³/mol. The summed E-state index contributed by atoms with van der Waals surface area (Å²) in [4.78, 5) is 35.2. The van der Waals surface area contributed by atoms with Crippen LogP contribution in [-0.2, 0) is 11.2 Å². The molecule has 8 nitrogen and oxygen atoms in total. The molecule has 5 rings (SSSR count). The predicted octanol–water partition coefficient (Wildman–Crippen LogP) is 3.87. The highest BCUT2D eigenvalue weighted by Crippen LogP contribution is 2.24. The van der Waals surface area contributed by atoms with Gasteiger partial charge in [-0.05, 0) is 43.2 Å². The fraction of sp³-hybridized carbons (Fsp3) is 0.217. The van der Waals surface area contributed by atoms with Crippen LogP contribution in [0.3, 0.4) is 0 Å². The quantitative estimate of drug-likeness (QED) is 0.487. The average molecular weight is 447 g/mol. The van der Waals surface area contributed by atoms with Crippen LogP contribution < -0.4 is 15.5 Å². The van der Waals surface area contributed by atoms with Gasteiger partial charge < -0.3 is 15.0 Å². The van der Waals surface area contributed by atoms with E-state index in [1.165, 1.54) is 16.9 Å². The molecular weight excluding hydrogens is 424 g/mol. The van der Waals surface area contributed by atoms with Gasteiger partial charge in [-0.15, -0.1) is 11.3 Å². The van der Waals surface area contributed by atoms with Crippen LogP contribution >= 0.6 is 11.3 Å². The molecular formula is C23H22N6O2S. The molecule has 0 bridgehead atoms. The smallest absolute Gasteiger partial charge is 0.323 e. The van der Waals surface area contributed by atoms with E-state index >= 15 is 0 Å². The minimum absolute atomic E-state index is 0.137. The molecule has 1 saturated heterocycles. The molecule has 0 atom stereocenters. The number of thiazole rings is 1. The van der Waals surface area contributed by atoms with E-state index in [9.17, 15) is 9.59 Å². The molecule has 1 fully saturated rings. The van der Waals surface area contributed by atoms with E-state index < -0.39 is 0 Å². The summed E-state index contributed by atoms with van der Waals surface area (Å²) in [5.41, 5.74) is 5.29. The second kappa shape index (κ2) is 8.43. The van der Waals surface area contributed by atoms with Gasteiger partial charge >= 0.3 is 6.03 Å². The first kappa shape index (κ1) is 20.2. The number of benzene rings is 1. The Morgan fingerprint density at radius 1 is 1.22 bits per heavy atom. The van der Waals surface area contributed by atoms with Gasteiger partial charge in [0.15, 0.2) is 5.13 Å². The molecule has 1 aliphatic heterocycles. The number of nitrogens with one attached hydrogen (secondary N) is 2. The van der Waals surface area contributed by atoms with Gasteiger partial charge in [-0.1, -0.05) is 12.1 Å². The van der Waals surface area contributed by atoms with Crippen molar-refractivity contribution in [2.45, 2.75) is 19.8 Å². The zero-order valence-electron chi connectivity index (χ0n) is 17.5. The second-order valence-electron chi connectivity index (χ2n) is 7.76. The number of amides is 3.